The van der Waals surface area contributed by atoms with Crippen molar-refractivity contribution in [3.05, 3.63) is 42.0 Å². The number of rotatable bonds is 12. The van der Waals surface area contributed by atoms with Crippen molar-refractivity contribution in [2.75, 3.05) is 13.2 Å². The van der Waals surface area contributed by atoms with Crippen LogP contribution in [0.2, 0.25) is 0 Å². The minimum absolute atomic E-state index is 0.0223. The molecule has 0 radical (unpaired) electrons. The summed E-state index contributed by atoms with van der Waals surface area (Å²) in [6, 6.07) is 8.34. The number of carbonyl (C=O) groups is 3. The molecule has 1 aromatic carbocycles. The maximum Gasteiger partial charge on any atom is 0.260 e. The highest BCUT2D eigenvalue weighted by Gasteiger charge is 2.35. The minimum atomic E-state index is -1.17. The van der Waals surface area contributed by atoms with Gasteiger partial charge in [-0.2, -0.15) is 0 Å². The fourth-order valence-electron chi connectivity index (χ4n) is 3.46. The molecule has 0 spiro atoms. The van der Waals surface area contributed by atoms with Gasteiger partial charge in [-0.05, 0) is 30.2 Å². The van der Waals surface area contributed by atoms with E-state index < -0.39 is 42.2 Å². The molecule has 0 saturated carbocycles. The summed E-state index contributed by atoms with van der Waals surface area (Å²) >= 11 is 0. The lowest BCUT2D eigenvalue weighted by Gasteiger charge is -2.31. The number of nitrogens with two attached hydrogens (primary N) is 1. The number of hydrogen-bond acceptors (Lipinski definition) is 6. The Hall–Kier alpha value is -2.75. The molecule has 3 atom stereocenters. The van der Waals surface area contributed by atoms with Gasteiger partial charge in [-0.3, -0.25) is 30.0 Å². The molecule has 9 heteroatoms. The van der Waals surface area contributed by atoms with E-state index in [1.807, 2.05) is 64.1 Å². The lowest BCUT2D eigenvalue weighted by atomic mass is 9.82. The largest absolute Gasteiger partial charge is 0.394 e. The third kappa shape index (κ3) is 9.73. The first-order valence-corrected chi connectivity index (χ1v) is 11.2. The number of carbonyl (C=O) groups excluding carboxylic acids is 3. The molecule has 0 aromatic heterocycles. The molecule has 0 saturated heterocycles. The van der Waals surface area contributed by atoms with Crippen molar-refractivity contribution in [1.82, 2.24) is 15.9 Å². The fourth-order valence-corrected chi connectivity index (χ4v) is 3.46. The van der Waals surface area contributed by atoms with E-state index in [0.717, 1.165) is 10.6 Å². The molecule has 0 aliphatic carbocycles. The first kappa shape index (κ1) is 28.3. The summed E-state index contributed by atoms with van der Waals surface area (Å²) in [6.45, 7) is 7.23. The van der Waals surface area contributed by atoms with Crippen LogP contribution in [0.4, 0.5) is 0 Å². The summed E-state index contributed by atoms with van der Waals surface area (Å²) in [6.07, 6.45) is 4.20. The van der Waals surface area contributed by atoms with Gasteiger partial charge in [-0.25, -0.2) is 5.48 Å². The van der Waals surface area contributed by atoms with Gasteiger partial charge in [0, 0.05) is 6.54 Å². The van der Waals surface area contributed by atoms with Gasteiger partial charge in [0.1, 0.15) is 6.04 Å². The zero-order chi connectivity index (χ0) is 25.0. The lowest BCUT2D eigenvalue weighted by Crippen LogP contribution is -2.56. The van der Waals surface area contributed by atoms with Gasteiger partial charge in [0.2, 0.25) is 11.8 Å². The molecule has 0 unspecified atom stereocenters. The molecule has 3 amide bonds. The Bertz CT molecular complexity index is 782. The van der Waals surface area contributed by atoms with Crippen molar-refractivity contribution < 1.29 is 24.7 Å². The van der Waals surface area contributed by atoms with Crippen LogP contribution in [0.25, 0.3) is 6.08 Å². The molecule has 1 aromatic rings. The third-order valence-corrected chi connectivity index (χ3v) is 5.07. The number of hydrogen-bond donors (Lipinski definition) is 5. The normalized spacial score (nSPS) is 14.2. The summed E-state index contributed by atoms with van der Waals surface area (Å²) in [7, 11) is 0. The van der Waals surface area contributed by atoms with Crippen molar-refractivity contribution in [1.29, 1.82) is 0 Å². The molecule has 33 heavy (non-hydrogen) atoms. The number of nitrogens with one attached hydrogen (secondary N) is 2. The number of hydroxylamine groups is 1. The zero-order valence-electron chi connectivity index (χ0n) is 19.9. The average Bonchev–Trinajstić information content (AvgIpc) is 2.78. The number of benzene rings is 1. The maximum atomic E-state index is 13.3. The van der Waals surface area contributed by atoms with Crippen LogP contribution in [0, 0.1) is 23.7 Å². The van der Waals surface area contributed by atoms with Crippen molar-refractivity contribution >= 4 is 23.8 Å². The maximum absolute atomic E-state index is 13.3. The molecular weight excluding hydrogens is 424 g/mol. The zero-order valence-corrected chi connectivity index (χ0v) is 19.9. The molecule has 0 fully saturated rings. The van der Waals surface area contributed by atoms with E-state index in [9.17, 15) is 24.7 Å². The highest BCUT2D eigenvalue weighted by atomic mass is 16.5. The SMILES string of the molecule is CC(C)C[C@@H](C(=O)NN(CC(C)C)C(=O)[C@@H](N)CO)[C@H](C/C=C/c1ccccc1)C(=O)NO. The predicted octanol–water partition coefficient (Wildman–Crippen LogP) is 1.71. The minimum Gasteiger partial charge on any atom is -0.394 e. The van der Waals surface area contributed by atoms with Crippen molar-refractivity contribution in [2.24, 2.45) is 29.4 Å². The second kappa shape index (κ2) is 14.4. The highest BCUT2D eigenvalue weighted by molar-refractivity contribution is 5.89. The Morgan fingerprint density at radius 3 is 2.18 bits per heavy atom. The topological polar surface area (TPSA) is 145 Å². The van der Waals surface area contributed by atoms with Crippen LogP contribution in [0.15, 0.2) is 36.4 Å². The Morgan fingerprint density at radius 2 is 1.67 bits per heavy atom. The molecule has 0 aliphatic rings. The summed E-state index contributed by atoms with van der Waals surface area (Å²) in [5, 5.41) is 19.7. The van der Waals surface area contributed by atoms with Gasteiger partial charge in [0.25, 0.3) is 5.91 Å². The Labute approximate surface area is 196 Å². The Balaban J connectivity index is 3.15. The molecule has 6 N–H and O–H groups in total. The van der Waals surface area contributed by atoms with Gasteiger partial charge >= 0.3 is 0 Å². The Morgan fingerprint density at radius 1 is 1.03 bits per heavy atom. The van der Waals surface area contributed by atoms with Crippen LogP contribution >= 0.6 is 0 Å². The van der Waals surface area contributed by atoms with E-state index in [0.29, 0.717) is 6.42 Å². The molecule has 0 bridgehead atoms. The van der Waals surface area contributed by atoms with Crippen LogP contribution in [-0.4, -0.2) is 52.2 Å². The lowest BCUT2D eigenvalue weighted by molar-refractivity contribution is -0.148. The second-order valence-electron chi connectivity index (χ2n) is 8.98. The molecule has 9 nitrogen and oxygen atoms in total. The van der Waals surface area contributed by atoms with Crippen molar-refractivity contribution in [3.8, 4) is 0 Å². The number of hydrazine groups is 1. The van der Waals surface area contributed by atoms with Crippen LogP contribution in [0.1, 0.15) is 46.1 Å². The van der Waals surface area contributed by atoms with Crippen LogP contribution in [-0.2, 0) is 14.4 Å². The summed E-state index contributed by atoms with van der Waals surface area (Å²) in [5.74, 6) is -3.40. The fraction of sp³-hybridized carbons (Fsp3) is 0.542. The Kier molecular flexibility index (Phi) is 12.3. The summed E-state index contributed by atoms with van der Waals surface area (Å²) in [5.41, 5.74) is 10.9. The number of nitrogens with zero attached hydrogens (tertiary/aromatic N) is 1. The number of allylic oxidation sites excluding steroid dienone is 1. The monoisotopic (exact) mass is 462 g/mol. The highest BCUT2D eigenvalue weighted by Crippen LogP contribution is 2.25. The average molecular weight is 463 g/mol. The molecule has 1 rings (SSSR count). The molecule has 184 valence electrons. The van der Waals surface area contributed by atoms with Gasteiger partial charge in [-0.1, -0.05) is 70.2 Å². The van der Waals surface area contributed by atoms with Gasteiger partial charge in [0.15, 0.2) is 0 Å². The van der Waals surface area contributed by atoms with Crippen molar-refractivity contribution in [2.45, 2.75) is 46.6 Å². The number of amides is 3. The summed E-state index contributed by atoms with van der Waals surface area (Å²) < 4.78 is 0. The second-order valence-corrected chi connectivity index (χ2v) is 8.98. The molecule has 0 aliphatic heterocycles. The van der Waals surface area contributed by atoms with E-state index in [2.05, 4.69) is 5.43 Å². The molecule has 0 heterocycles. The predicted molar refractivity (Wildman–Crippen MR) is 126 cm³/mol. The summed E-state index contributed by atoms with van der Waals surface area (Å²) in [4.78, 5) is 38.4. The molecular formula is C24H38N4O5. The first-order valence-electron chi connectivity index (χ1n) is 11.2. The smallest absolute Gasteiger partial charge is 0.260 e. The van der Waals surface area contributed by atoms with E-state index >= 15 is 0 Å². The van der Waals surface area contributed by atoms with Crippen LogP contribution in [0.3, 0.4) is 0 Å². The van der Waals surface area contributed by atoms with Crippen LogP contribution in [0.5, 0.6) is 0 Å². The van der Waals surface area contributed by atoms with Gasteiger partial charge in [0.05, 0.1) is 18.4 Å². The first-order chi connectivity index (χ1) is 15.6. The van der Waals surface area contributed by atoms with Gasteiger partial charge in [-0.15, -0.1) is 0 Å². The van der Waals surface area contributed by atoms with E-state index in [1.54, 1.807) is 11.6 Å². The van der Waals surface area contributed by atoms with E-state index in [1.165, 1.54) is 0 Å². The van der Waals surface area contributed by atoms with E-state index in [4.69, 9.17) is 5.73 Å². The number of aliphatic hydroxyl groups is 1. The third-order valence-electron chi connectivity index (χ3n) is 5.07. The van der Waals surface area contributed by atoms with Crippen LogP contribution < -0.4 is 16.6 Å². The standard InChI is InChI=1S/C24H38N4O5/c1-16(2)13-20(22(30)26-28(14-17(3)4)24(32)21(25)15-29)19(23(31)27-33)12-8-11-18-9-6-5-7-10-18/h5-11,16-17,19-21,29,33H,12-15,25H2,1-4H3,(H,26,30)(H,27,31)/b11-8+/t19-,20+,21-/m0/s1. The number of aliphatic hydroxyl groups excluding tert-OH is 1. The quantitative estimate of drug-likeness (QED) is 0.236. The van der Waals surface area contributed by atoms with Gasteiger partial charge < -0.3 is 10.8 Å². The van der Waals surface area contributed by atoms with E-state index in [-0.39, 0.29) is 24.8 Å². The van der Waals surface area contributed by atoms with Crippen molar-refractivity contribution in [3.63, 3.8) is 0 Å².